The summed E-state index contributed by atoms with van der Waals surface area (Å²) in [6.45, 7) is 6.11. The fourth-order valence-corrected chi connectivity index (χ4v) is 3.71. The summed E-state index contributed by atoms with van der Waals surface area (Å²) in [4.78, 5) is 0.249. The average molecular weight is 355 g/mol. The Morgan fingerprint density at radius 1 is 1.00 bits per heavy atom. The molecule has 0 saturated carbocycles. The molecule has 2 aromatic carbocycles. The highest BCUT2D eigenvalue weighted by molar-refractivity contribution is 7.89. The molecular weight excluding hydrogens is 334 g/mol. The first kappa shape index (κ1) is 17.4. The van der Waals surface area contributed by atoms with Crippen molar-refractivity contribution >= 4 is 10.0 Å². The maximum absolute atomic E-state index is 12.1. The molecule has 0 radical (unpaired) electrons. The van der Waals surface area contributed by atoms with Crippen molar-refractivity contribution in [3.05, 3.63) is 65.9 Å². The van der Waals surface area contributed by atoms with Gasteiger partial charge in [-0.05, 0) is 44.2 Å². The van der Waals surface area contributed by atoms with E-state index in [9.17, 15) is 8.42 Å². The van der Waals surface area contributed by atoms with Crippen LogP contribution < -0.4 is 4.72 Å². The van der Waals surface area contributed by atoms with Crippen molar-refractivity contribution in [2.75, 3.05) is 6.54 Å². The summed E-state index contributed by atoms with van der Waals surface area (Å²) < 4.78 is 28.5. The first-order chi connectivity index (χ1) is 11.9. The van der Waals surface area contributed by atoms with Gasteiger partial charge in [-0.3, -0.25) is 0 Å². The Morgan fingerprint density at radius 2 is 1.64 bits per heavy atom. The van der Waals surface area contributed by atoms with Crippen LogP contribution in [0.15, 0.2) is 59.5 Å². The zero-order valence-corrected chi connectivity index (χ0v) is 15.3. The zero-order valence-electron chi connectivity index (χ0n) is 14.5. The summed E-state index contributed by atoms with van der Waals surface area (Å²) in [5.41, 5.74) is 4.96. The molecule has 1 N–H and O–H groups in total. The number of rotatable bonds is 5. The van der Waals surface area contributed by atoms with E-state index in [4.69, 9.17) is 0 Å². The molecule has 25 heavy (non-hydrogen) atoms. The van der Waals surface area contributed by atoms with Crippen LogP contribution in [0.3, 0.4) is 0 Å². The molecule has 0 atom stereocenters. The Hall–Kier alpha value is -2.44. The molecule has 0 aliphatic heterocycles. The second-order valence-electron chi connectivity index (χ2n) is 5.94. The van der Waals surface area contributed by atoms with Crippen molar-refractivity contribution < 1.29 is 8.42 Å². The first-order valence-electron chi connectivity index (χ1n) is 8.14. The quantitative estimate of drug-likeness (QED) is 0.762. The largest absolute Gasteiger partial charge is 0.240 e. The van der Waals surface area contributed by atoms with Crippen molar-refractivity contribution in [3.8, 4) is 16.9 Å². The maximum Gasteiger partial charge on any atom is 0.240 e. The molecule has 1 heterocycles. The number of nitrogens with one attached hydrogen (secondary N) is 1. The van der Waals surface area contributed by atoms with Crippen LogP contribution in [-0.4, -0.2) is 24.7 Å². The second kappa shape index (κ2) is 6.82. The van der Waals surface area contributed by atoms with Crippen molar-refractivity contribution in [1.82, 2.24) is 14.5 Å². The van der Waals surface area contributed by atoms with Crippen molar-refractivity contribution in [3.63, 3.8) is 0 Å². The predicted molar refractivity (Wildman–Crippen MR) is 99.3 cm³/mol. The Morgan fingerprint density at radius 3 is 2.24 bits per heavy atom. The molecule has 0 bridgehead atoms. The normalized spacial score (nSPS) is 11.6. The number of benzene rings is 2. The number of nitrogens with zero attached hydrogens (tertiary/aromatic N) is 2. The lowest BCUT2D eigenvalue weighted by Gasteiger charge is -2.09. The minimum Gasteiger partial charge on any atom is -0.233 e. The lowest BCUT2D eigenvalue weighted by molar-refractivity contribution is 0.584. The highest BCUT2D eigenvalue weighted by atomic mass is 32.2. The number of sulfonamides is 1. The third kappa shape index (κ3) is 3.65. The molecule has 130 valence electrons. The highest BCUT2D eigenvalue weighted by Crippen LogP contribution is 2.25. The topological polar surface area (TPSA) is 64.0 Å². The third-order valence-electron chi connectivity index (χ3n) is 3.90. The molecule has 0 aliphatic rings. The van der Waals surface area contributed by atoms with Gasteiger partial charge in [0.1, 0.15) is 0 Å². The van der Waals surface area contributed by atoms with E-state index in [1.807, 2.05) is 17.7 Å². The molecule has 0 aliphatic carbocycles. The van der Waals surface area contributed by atoms with E-state index >= 15 is 0 Å². The summed E-state index contributed by atoms with van der Waals surface area (Å²) in [6.07, 6.45) is 0. The standard InChI is InChI=1S/C19H21N3O2S/c1-4-20-25(23,24)18-11-9-17(10-12-18)22-19(13-15(3)21-22)16-7-5-14(2)6-8-16/h5-13,20H,4H2,1-3H3. The Bertz CT molecular complexity index is 973. The van der Waals surface area contributed by atoms with Crippen LogP contribution in [0.4, 0.5) is 0 Å². The van der Waals surface area contributed by atoms with Gasteiger partial charge >= 0.3 is 0 Å². The average Bonchev–Trinajstić information content (AvgIpc) is 2.97. The number of aromatic nitrogens is 2. The third-order valence-corrected chi connectivity index (χ3v) is 5.47. The molecule has 0 saturated heterocycles. The SMILES string of the molecule is CCNS(=O)(=O)c1ccc(-n2nc(C)cc2-c2ccc(C)cc2)cc1. The van der Waals surface area contributed by atoms with E-state index in [2.05, 4.69) is 41.0 Å². The van der Waals surface area contributed by atoms with Gasteiger partial charge in [-0.1, -0.05) is 36.8 Å². The molecule has 3 aromatic rings. The number of hydrogen-bond acceptors (Lipinski definition) is 3. The molecule has 0 unspecified atom stereocenters. The summed E-state index contributed by atoms with van der Waals surface area (Å²) in [5, 5.41) is 4.56. The maximum atomic E-state index is 12.1. The minimum atomic E-state index is -3.45. The van der Waals surface area contributed by atoms with Crippen molar-refractivity contribution in [2.45, 2.75) is 25.7 Å². The van der Waals surface area contributed by atoms with E-state index in [0.717, 1.165) is 22.6 Å². The zero-order chi connectivity index (χ0) is 18.0. The van der Waals surface area contributed by atoms with E-state index in [-0.39, 0.29) is 4.90 Å². The van der Waals surface area contributed by atoms with E-state index < -0.39 is 10.0 Å². The van der Waals surface area contributed by atoms with Crippen LogP contribution in [0.25, 0.3) is 16.9 Å². The molecule has 0 spiro atoms. The highest BCUT2D eigenvalue weighted by Gasteiger charge is 2.14. The fourth-order valence-electron chi connectivity index (χ4n) is 2.67. The van der Waals surface area contributed by atoms with Gasteiger partial charge in [0.2, 0.25) is 10.0 Å². The monoisotopic (exact) mass is 355 g/mol. The molecule has 6 heteroatoms. The smallest absolute Gasteiger partial charge is 0.233 e. The van der Waals surface area contributed by atoms with Gasteiger partial charge in [0.25, 0.3) is 0 Å². The first-order valence-corrected chi connectivity index (χ1v) is 9.63. The van der Waals surface area contributed by atoms with Crippen LogP contribution in [0.2, 0.25) is 0 Å². The van der Waals surface area contributed by atoms with E-state index in [1.165, 1.54) is 5.56 Å². The summed E-state index contributed by atoms with van der Waals surface area (Å²) in [6, 6.07) is 17.0. The van der Waals surface area contributed by atoms with Crippen LogP contribution in [0, 0.1) is 13.8 Å². The van der Waals surface area contributed by atoms with Gasteiger partial charge in [0, 0.05) is 12.1 Å². The van der Waals surface area contributed by atoms with Gasteiger partial charge in [0.15, 0.2) is 0 Å². The Kier molecular flexibility index (Phi) is 4.74. The van der Waals surface area contributed by atoms with Gasteiger partial charge in [0.05, 0.1) is 22.0 Å². The van der Waals surface area contributed by atoms with Gasteiger partial charge in [-0.15, -0.1) is 0 Å². The van der Waals surface area contributed by atoms with E-state index in [1.54, 1.807) is 31.2 Å². The van der Waals surface area contributed by atoms with E-state index in [0.29, 0.717) is 6.54 Å². The van der Waals surface area contributed by atoms with Crippen LogP contribution in [0.1, 0.15) is 18.2 Å². The second-order valence-corrected chi connectivity index (χ2v) is 7.71. The summed E-state index contributed by atoms with van der Waals surface area (Å²) in [5.74, 6) is 0. The number of hydrogen-bond donors (Lipinski definition) is 1. The van der Waals surface area contributed by atoms with Crippen LogP contribution in [-0.2, 0) is 10.0 Å². The summed E-state index contributed by atoms with van der Waals surface area (Å²) >= 11 is 0. The van der Waals surface area contributed by atoms with Gasteiger partial charge in [-0.25, -0.2) is 17.8 Å². The van der Waals surface area contributed by atoms with Crippen LogP contribution >= 0.6 is 0 Å². The number of aryl methyl sites for hydroxylation is 2. The molecule has 0 amide bonds. The molecule has 0 fully saturated rings. The molecule has 3 rings (SSSR count). The molecule has 1 aromatic heterocycles. The Balaban J connectivity index is 2.02. The fraction of sp³-hybridized carbons (Fsp3) is 0.211. The van der Waals surface area contributed by atoms with Crippen molar-refractivity contribution in [2.24, 2.45) is 0 Å². The molecule has 5 nitrogen and oxygen atoms in total. The predicted octanol–water partition coefficient (Wildman–Crippen LogP) is 3.45. The van der Waals surface area contributed by atoms with Crippen LogP contribution in [0.5, 0.6) is 0 Å². The summed E-state index contributed by atoms with van der Waals surface area (Å²) in [7, 11) is -3.45. The van der Waals surface area contributed by atoms with Crippen molar-refractivity contribution in [1.29, 1.82) is 0 Å². The van der Waals surface area contributed by atoms with Gasteiger partial charge < -0.3 is 0 Å². The Labute approximate surface area is 148 Å². The molecular formula is C19H21N3O2S. The van der Waals surface area contributed by atoms with Gasteiger partial charge in [-0.2, -0.15) is 5.10 Å². The lowest BCUT2D eigenvalue weighted by Crippen LogP contribution is -2.23. The minimum absolute atomic E-state index is 0.249. The lowest BCUT2D eigenvalue weighted by atomic mass is 10.1.